The standard InChI is InChI=1S/C12H17NO2/c1-5-15-11-8-10(7-6-9(11)2)12(14)13(3)4/h6-8H,5H2,1-4H3. The van der Waals surface area contributed by atoms with Crippen LogP contribution in [0.1, 0.15) is 22.8 Å². The first-order chi connectivity index (χ1) is 7.06. The Kier molecular flexibility index (Phi) is 3.72. The molecule has 1 amide bonds. The smallest absolute Gasteiger partial charge is 0.253 e. The molecule has 0 aromatic heterocycles. The third kappa shape index (κ3) is 2.72. The first-order valence-corrected chi connectivity index (χ1v) is 5.01. The van der Waals surface area contributed by atoms with Crippen LogP contribution in [0.25, 0.3) is 0 Å². The summed E-state index contributed by atoms with van der Waals surface area (Å²) in [6.07, 6.45) is 0. The second kappa shape index (κ2) is 4.82. The third-order valence-corrected chi connectivity index (χ3v) is 2.14. The third-order valence-electron chi connectivity index (χ3n) is 2.14. The number of benzene rings is 1. The van der Waals surface area contributed by atoms with E-state index in [0.717, 1.165) is 11.3 Å². The summed E-state index contributed by atoms with van der Waals surface area (Å²) < 4.78 is 5.44. The monoisotopic (exact) mass is 207 g/mol. The van der Waals surface area contributed by atoms with Crippen molar-refractivity contribution in [2.75, 3.05) is 20.7 Å². The molecule has 0 aliphatic carbocycles. The SMILES string of the molecule is CCOc1cc(C(=O)N(C)C)ccc1C. The zero-order valence-electron chi connectivity index (χ0n) is 9.70. The van der Waals surface area contributed by atoms with E-state index in [0.29, 0.717) is 12.2 Å². The van der Waals surface area contributed by atoms with Gasteiger partial charge >= 0.3 is 0 Å². The predicted octanol–water partition coefficient (Wildman–Crippen LogP) is 2.10. The molecule has 0 aliphatic rings. The number of carbonyl (C=O) groups is 1. The van der Waals surface area contributed by atoms with E-state index in [-0.39, 0.29) is 5.91 Å². The number of hydrogen-bond acceptors (Lipinski definition) is 2. The molecule has 0 fully saturated rings. The molecule has 3 heteroatoms. The lowest BCUT2D eigenvalue weighted by Crippen LogP contribution is -2.21. The van der Waals surface area contributed by atoms with Crippen LogP contribution >= 0.6 is 0 Å². The van der Waals surface area contributed by atoms with Gasteiger partial charge in [-0.05, 0) is 31.5 Å². The molecule has 0 saturated carbocycles. The molecule has 1 aromatic carbocycles. The Bertz CT molecular complexity index is 359. The Morgan fingerprint density at radius 1 is 1.40 bits per heavy atom. The van der Waals surface area contributed by atoms with Crippen molar-refractivity contribution in [2.45, 2.75) is 13.8 Å². The molecular formula is C12H17NO2. The van der Waals surface area contributed by atoms with Gasteiger partial charge < -0.3 is 9.64 Å². The molecule has 0 N–H and O–H groups in total. The first kappa shape index (κ1) is 11.6. The van der Waals surface area contributed by atoms with Gasteiger partial charge in [0.05, 0.1) is 6.61 Å². The highest BCUT2D eigenvalue weighted by Gasteiger charge is 2.09. The van der Waals surface area contributed by atoms with Crippen molar-refractivity contribution in [1.29, 1.82) is 0 Å². The second-order valence-electron chi connectivity index (χ2n) is 3.61. The van der Waals surface area contributed by atoms with Crippen molar-refractivity contribution in [3.8, 4) is 5.75 Å². The highest BCUT2D eigenvalue weighted by molar-refractivity contribution is 5.94. The lowest BCUT2D eigenvalue weighted by Gasteiger charge is -2.12. The fraction of sp³-hybridized carbons (Fsp3) is 0.417. The van der Waals surface area contributed by atoms with Gasteiger partial charge in [-0.2, -0.15) is 0 Å². The van der Waals surface area contributed by atoms with Gasteiger partial charge in [-0.3, -0.25) is 4.79 Å². The fourth-order valence-corrected chi connectivity index (χ4v) is 1.30. The van der Waals surface area contributed by atoms with E-state index >= 15 is 0 Å². The van der Waals surface area contributed by atoms with Crippen LogP contribution in [0.5, 0.6) is 5.75 Å². The maximum Gasteiger partial charge on any atom is 0.253 e. The van der Waals surface area contributed by atoms with E-state index in [4.69, 9.17) is 4.74 Å². The van der Waals surface area contributed by atoms with Crippen molar-refractivity contribution < 1.29 is 9.53 Å². The lowest BCUT2D eigenvalue weighted by atomic mass is 10.1. The highest BCUT2D eigenvalue weighted by atomic mass is 16.5. The summed E-state index contributed by atoms with van der Waals surface area (Å²) in [6.45, 7) is 4.51. The summed E-state index contributed by atoms with van der Waals surface area (Å²) >= 11 is 0. The Morgan fingerprint density at radius 2 is 2.07 bits per heavy atom. The summed E-state index contributed by atoms with van der Waals surface area (Å²) in [5.74, 6) is 0.779. The van der Waals surface area contributed by atoms with Gasteiger partial charge in [0.1, 0.15) is 5.75 Å². The number of amides is 1. The number of ether oxygens (including phenoxy) is 1. The fourth-order valence-electron chi connectivity index (χ4n) is 1.30. The van der Waals surface area contributed by atoms with Crippen LogP contribution in [0.4, 0.5) is 0 Å². The largest absolute Gasteiger partial charge is 0.494 e. The number of nitrogens with zero attached hydrogens (tertiary/aromatic N) is 1. The molecule has 0 heterocycles. The average Bonchev–Trinajstić information content (AvgIpc) is 2.20. The van der Waals surface area contributed by atoms with E-state index in [1.54, 1.807) is 25.1 Å². The molecule has 1 aromatic rings. The van der Waals surface area contributed by atoms with Crippen LogP contribution < -0.4 is 4.74 Å². The van der Waals surface area contributed by atoms with E-state index in [2.05, 4.69) is 0 Å². The van der Waals surface area contributed by atoms with Crippen molar-refractivity contribution in [1.82, 2.24) is 4.90 Å². The minimum Gasteiger partial charge on any atom is -0.494 e. The van der Waals surface area contributed by atoms with Crippen LogP contribution in [0, 0.1) is 6.92 Å². The Morgan fingerprint density at radius 3 is 2.60 bits per heavy atom. The maximum atomic E-state index is 11.7. The van der Waals surface area contributed by atoms with Crippen LogP contribution in [0.3, 0.4) is 0 Å². The quantitative estimate of drug-likeness (QED) is 0.759. The van der Waals surface area contributed by atoms with Crippen molar-refractivity contribution in [2.24, 2.45) is 0 Å². The number of carbonyl (C=O) groups excluding carboxylic acids is 1. The van der Waals surface area contributed by atoms with Gasteiger partial charge in [0, 0.05) is 19.7 Å². The zero-order chi connectivity index (χ0) is 11.4. The van der Waals surface area contributed by atoms with Crippen LogP contribution in [-0.4, -0.2) is 31.5 Å². The van der Waals surface area contributed by atoms with Crippen molar-refractivity contribution >= 4 is 5.91 Å². The van der Waals surface area contributed by atoms with E-state index in [1.807, 2.05) is 26.0 Å². The number of hydrogen-bond donors (Lipinski definition) is 0. The summed E-state index contributed by atoms with van der Waals surface area (Å²) in [6, 6.07) is 5.52. The molecule has 0 atom stereocenters. The zero-order valence-corrected chi connectivity index (χ0v) is 9.70. The molecule has 0 radical (unpaired) electrons. The Hall–Kier alpha value is -1.51. The van der Waals surface area contributed by atoms with E-state index in [9.17, 15) is 4.79 Å². The predicted molar refractivity (Wildman–Crippen MR) is 60.4 cm³/mol. The second-order valence-corrected chi connectivity index (χ2v) is 3.61. The normalized spacial score (nSPS) is 9.87. The van der Waals surface area contributed by atoms with Gasteiger partial charge in [0.25, 0.3) is 5.91 Å². The molecule has 15 heavy (non-hydrogen) atoms. The van der Waals surface area contributed by atoms with Crippen LogP contribution in [0.2, 0.25) is 0 Å². The summed E-state index contributed by atoms with van der Waals surface area (Å²) in [7, 11) is 3.48. The number of aryl methyl sites for hydroxylation is 1. The molecule has 0 aliphatic heterocycles. The molecule has 0 unspecified atom stereocenters. The Labute approximate surface area is 90.7 Å². The summed E-state index contributed by atoms with van der Waals surface area (Å²) in [4.78, 5) is 13.2. The maximum absolute atomic E-state index is 11.7. The molecule has 0 saturated heterocycles. The van der Waals surface area contributed by atoms with E-state index < -0.39 is 0 Å². The van der Waals surface area contributed by atoms with Crippen molar-refractivity contribution in [3.63, 3.8) is 0 Å². The van der Waals surface area contributed by atoms with Gasteiger partial charge in [-0.15, -0.1) is 0 Å². The molecule has 3 nitrogen and oxygen atoms in total. The molecule has 0 spiro atoms. The van der Waals surface area contributed by atoms with Crippen LogP contribution in [-0.2, 0) is 0 Å². The average molecular weight is 207 g/mol. The van der Waals surface area contributed by atoms with Gasteiger partial charge in [0.2, 0.25) is 0 Å². The topological polar surface area (TPSA) is 29.5 Å². The van der Waals surface area contributed by atoms with Crippen molar-refractivity contribution in [3.05, 3.63) is 29.3 Å². The number of rotatable bonds is 3. The minimum atomic E-state index is -0.00375. The highest BCUT2D eigenvalue weighted by Crippen LogP contribution is 2.20. The minimum absolute atomic E-state index is 0.00375. The van der Waals surface area contributed by atoms with Gasteiger partial charge in [0.15, 0.2) is 0 Å². The Balaban J connectivity index is 3.01. The molecule has 82 valence electrons. The van der Waals surface area contributed by atoms with Crippen LogP contribution in [0.15, 0.2) is 18.2 Å². The first-order valence-electron chi connectivity index (χ1n) is 5.01. The molecule has 1 rings (SSSR count). The molecule has 0 bridgehead atoms. The summed E-state index contributed by atoms with van der Waals surface area (Å²) in [5.41, 5.74) is 1.71. The molecular weight excluding hydrogens is 190 g/mol. The van der Waals surface area contributed by atoms with Gasteiger partial charge in [-0.1, -0.05) is 6.07 Å². The lowest BCUT2D eigenvalue weighted by molar-refractivity contribution is 0.0827. The summed E-state index contributed by atoms with van der Waals surface area (Å²) in [5, 5.41) is 0. The van der Waals surface area contributed by atoms with Gasteiger partial charge in [-0.25, -0.2) is 0 Å². The van der Waals surface area contributed by atoms with E-state index in [1.165, 1.54) is 0 Å².